The summed E-state index contributed by atoms with van der Waals surface area (Å²) in [6.45, 7) is 4.57. The quantitative estimate of drug-likeness (QED) is 0.0590. The van der Waals surface area contributed by atoms with Gasteiger partial charge in [0.2, 0.25) is 23.6 Å². The summed E-state index contributed by atoms with van der Waals surface area (Å²) in [5.74, 6) is -1.42. The molecular formula is C25H50N6O7. The Hall–Kier alpha value is -2.32. The van der Waals surface area contributed by atoms with Crippen LogP contribution in [0.3, 0.4) is 0 Å². The molecule has 0 aliphatic rings. The zero-order valence-electron chi connectivity index (χ0n) is 23.0. The molecule has 13 heteroatoms. The monoisotopic (exact) mass is 546 g/mol. The van der Waals surface area contributed by atoms with Gasteiger partial charge in [-0.1, -0.05) is 12.8 Å². The van der Waals surface area contributed by atoms with Crippen LogP contribution in [-0.4, -0.2) is 100 Å². The van der Waals surface area contributed by atoms with Crippen LogP contribution in [0.5, 0.6) is 0 Å². The van der Waals surface area contributed by atoms with Gasteiger partial charge in [-0.15, -0.1) is 0 Å². The highest BCUT2D eigenvalue weighted by Crippen LogP contribution is 2.03. The minimum atomic E-state index is -0.478. The fourth-order valence-corrected chi connectivity index (χ4v) is 3.53. The van der Waals surface area contributed by atoms with Gasteiger partial charge >= 0.3 is 0 Å². The predicted molar refractivity (Wildman–Crippen MR) is 141 cm³/mol. The van der Waals surface area contributed by atoms with Gasteiger partial charge in [-0.2, -0.15) is 0 Å². The van der Waals surface area contributed by atoms with Crippen LogP contribution >= 0.6 is 0 Å². The molecule has 0 saturated carbocycles. The molecule has 0 aromatic carbocycles. The Labute approximate surface area is 226 Å². The lowest BCUT2D eigenvalue weighted by Crippen LogP contribution is -2.31. The van der Waals surface area contributed by atoms with E-state index >= 15 is 0 Å². The largest absolute Gasteiger partial charge is 0.356 e. The maximum Gasteiger partial charge on any atom is 0.246 e. The average Bonchev–Trinajstić information content (AvgIpc) is 2.89. The van der Waals surface area contributed by atoms with E-state index in [1.807, 2.05) is 0 Å². The van der Waals surface area contributed by atoms with Crippen LogP contribution in [-0.2, 0) is 19.2 Å². The number of nitrogens with zero attached hydrogens (tertiary/aromatic N) is 3. The molecule has 0 aromatic heterocycles. The van der Waals surface area contributed by atoms with Gasteiger partial charge in [0.15, 0.2) is 0 Å². The smallest absolute Gasteiger partial charge is 0.246 e. The lowest BCUT2D eigenvalue weighted by molar-refractivity contribution is -0.166. The molecule has 0 aliphatic heterocycles. The topological polar surface area (TPSA) is 189 Å². The highest BCUT2D eigenvalue weighted by molar-refractivity contribution is 5.83. The number of nitrogens with one attached hydrogen (secondary N) is 2. The third-order valence-electron chi connectivity index (χ3n) is 5.92. The lowest BCUT2D eigenvalue weighted by atomic mass is 10.2. The minimum absolute atomic E-state index is 0.00997. The van der Waals surface area contributed by atoms with Crippen molar-refractivity contribution in [3.63, 3.8) is 0 Å². The number of hydroxylamine groups is 6. The van der Waals surface area contributed by atoms with Crippen molar-refractivity contribution < 1.29 is 34.8 Å². The Bertz CT molecular complexity index is 668. The number of hydrogen-bond acceptors (Lipinski definition) is 9. The second-order valence-corrected chi connectivity index (χ2v) is 9.35. The van der Waals surface area contributed by atoms with E-state index < -0.39 is 5.91 Å². The van der Waals surface area contributed by atoms with E-state index in [0.29, 0.717) is 62.0 Å². The number of nitrogens with two attached hydrogens (primary N) is 1. The third kappa shape index (κ3) is 20.7. The molecule has 0 saturated heterocycles. The summed E-state index contributed by atoms with van der Waals surface area (Å²) in [7, 11) is 0. The molecule has 0 aromatic rings. The molecule has 0 atom stereocenters. The van der Waals surface area contributed by atoms with Crippen LogP contribution < -0.4 is 16.4 Å². The molecule has 0 spiro atoms. The van der Waals surface area contributed by atoms with Gasteiger partial charge in [-0.05, 0) is 71.0 Å². The molecule has 38 heavy (non-hydrogen) atoms. The van der Waals surface area contributed by atoms with Crippen LogP contribution in [0.15, 0.2) is 0 Å². The molecule has 7 N–H and O–H groups in total. The van der Waals surface area contributed by atoms with Gasteiger partial charge in [0.05, 0.1) is 0 Å². The van der Waals surface area contributed by atoms with Crippen molar-refractivity contribution in [3.8, 4) is 0 Å². The number of amides is 4. The minimum Gasteiger partial charge on any atom is -0.356 e. The number of carbonyl (C=O) groups excluding carboxylic acids is 4. The Balaban J connectivity index is 3.63. The van der Waals surface area contributed by atoms with Crippen molar-refractivity contribution in [2.75, 3.05) is 45.8 Å². The first-order valence-corrected chi connectivity index (χ1v) is 13.8. The van der Waals surface area contributed by atoms with Crippen LogP contribution in [0.4, 0.5) is 0 Å². The standard InChI is InChI=1S/C25H50N6O7/c1-22(32)29(36)19-9-3-6-16-27-17-11-12-24(34)30(37)21-10-4-7-18-28-23(33)13-14-25(35)31(38)20-8-2-5-15-26/h27,36-38H,2-21,26H2,1H3,(H,28,33). The molecule has 0 heterocycles. The molecule has 13 nitrogen and oxygen atoms in total. The van der Waals surface area contributed by atoms with Crippen LogP contribution in [0.1, 0.15) is 90.4 Å². The lowest BCUT2D eigenvalue weighted by Gasteiger charge is -2.15. The SMILES string of the molecule is CC(=O)N(O)CCCCCNCCCC(=O)N(O)CCCCCNC(=O)CCC(=O)N(O)CCCCCN. The zero-order valence-corrected chi connectivity index (χ0v) is 23.0. The molecule has 0 aliphatic carbocycles. The Morgan fingerprint density at radius 1 is 0.605 bits per heavy atom. The average molecular weight is 547 g/mol. The predicted octanol–water partition coefficient (Wildman–Crippen LogP) is 1.40. The maximum absolute atomic E-state index is 12.0. The molecule has 0 bridgehead atoms. The van der Waals surface area contributed by atoms with E-state index in [1.54, 1.807) is 0 Å². The van der Waals surface area contributed by atoms with E-state index in [2.05, 4.69) is 10.6 Å². The van der Waals surface area contributed by atoms with E-state index in [-0.39, 0.29) is 50.1 Å². The van der Waals surface area contributed by atoms with E-state index in [4.69, 9.17) is 5.73 Å². The number of hydrogen-bond donors (Lipinski definition) is 6. The van der Waals surface area contributed by atoms with Gasteiger partial charge in [0.1, 0.15) is 0 Å². The normalized spacial score (nSPS) is 10.8. The van der Waals surface area contributed by atoms with Crippen LogP contribution in [0.25, 0.3) is 0 Å². The number of rotatable bonds is 24. The molecule has 222 valence electrons. The van der Waals surface area contributed by atoms with E-state index in [0.717, 1.165) is 50.1 Å². The Morgan fingerprint density at radius 3 is 1.68 bits per heavy atom. The summed E-state index contributed by atoms with van der Waals surface area (Å²) in [5.41, 5.74) is 5.40. The number of unbranched alkanes of at least 4 members (excludes halogenated alkanes) is 6. The summed E-state index contributed by atoms with van der Waals surface area (Å²) < 4.78 is 0. The van der Waals surface area contributed by atoms with Crippen molar-refractivity contribution in [1.29, 1.82) is 0 Å². The van der Waals surface area contributed by atoms with E-state index in [9.17, 15) is 34.8 Å². The molecule has 4 amide bonds. The second-order valence-electron chi connectivity index (χ2n) is 9.35. The maximum atomic E-state index is 12.0. The van der Waals surface area contributed by atoms with Crippen molar-refractivity contribution in [3.05, 3.63) is 0 Å². The fraction of sp³-hybridized carbons (Fsp3) is 0.840. The first kappa shape index (κ1) is 35.7. The first-order valence-electron chi connectivity index (χ1n) is 13.8. The van der Waals surface area contributed by atoms with Gasteiger partial charge in [0, 0.05) is 52.4 Å². The highest BCUT2D eigenvalue weighted by atomic mass is 16.5. The molecule has 0 unspecified atom stereocenters. The van der Waals surface area contributed by atoms with Crippen LogP contribution in [0, 0.1) is 0 Å². The molecule has 0 rings (SSSR count). The highest BCUT2D eigenvalue weighted by Gasteiger charge is 2.13. The van der Waals surface area contributed by atoms with Crippen molar-refractivity contribution in [2.45, 2.75) is 90.4 Å². The van der Waals surface area contributed by atoms with Gasteiger partial charge < -0.3 is 16.4 Å². The van der Waals surface area contributed by atoms with Crippen molar-refractivity contribution >= 4 is 23.6 Å². The third-order valence-corrected chi connectivity index (χ3v) is 5.92. The summed E-state index contributed by atoms with van der Waals surface area (Å²) in [5, 5.41) is 36.9. The van der Waals surface area contributed by atoms with Crippen LogP contribution in [0.2, 0.25) is 0 Å². The molecular weight excluding hydrogens is 496 g/mol. The molecule has 0 radical (unpaired) electrons. The fourth-order valence-electron chi connectivity index (χ4n) is 3.53. The zero-order chi connectivity index (χ0) is 28.6. The van der Waals surface area contributed by atoms with E-state index in [1.165, 1.54) is 6.92 Å². The summed E-state index contributed by atoms with van der Waals surface area (Å²) in [4.78, 5) is 46.6. The Morgan fingerprint density at radius 2 is 1.11 bits per heavy atom. The summed E-state index contributed by atoms with van der Waals surface area (Å²) >= 11 is 0. The Kier molecular flexibility index (Phi) is 22.3. The first-order chi connectivity index (χ1) is 18.2. The van der Waals surface area contributed by atoms with Gasteiger partial charge in [0.25, 0.3) is 0 Å². The van der Waals surface area contributed by atoms with Crippen molar-refractivity contribution in [2.24, 2.45) is 5.73 Å². The summed E-state index contributed by atoms with van der Waals surface area (Å²) in [6.07, 6.45) is 7.67. The molecule has 0 fully saturated rings. The number of carbonyl (C=O) groups is 4. The summed E-state index contributed by atoms with van der Waals surface area (Å²) in [6, 6.07) is 0. The van der Waals surface area contributed by atoms with Gasteiger partial charge in [-0.3, -0.25) is 34.8 Å². The van der Waals surface area contributed by atoms with Crippen molar-refractivity contribution in [1.82, 2.24) is 25.8 Å². The van der Waals surface area contributed by atoms with Gasteiger partial charge in [-0.25, -0.2) is 15.2 Å². The second kappa shape index (κ2) is 23.8.